The Morgan fingerprint density at radius 1 is 0.574 bits per heavy atom. The van der Waals surface area contributed by atoms with E-state index in [-0.39, 0.29) is 12.3 Å². The van der Waals surface area contributed by atoms with Gasteiger partial charge in [-0.05, 0) is 80.5 Å². The van der Waals surface area contributed by atoms with Crippen molar-refractivity contribution in [2.24, 2.45) is 0 Å². The lowest BCUT2D eigenvalue weighted by Gasteiger charge is -2.48. The van der Waals surface area contributed by atoms with E-state index in [1.807, 2.05) is 0 Å². The summed E-state index contributed by atoms with van der Waals surface area (Å²) in [5.74, 6) is 0. The second-order valence-electron chi connectivity index (χ2n) is 16.5. The van der Waals surface area contributed by atoms with Crippen molar-refractivity contribution in [2.45, 2.75) is 32.4 Å². The van der Waals surface area contributed by atoms with Gasteiger partial charge in [0.2, 0.25) is 0 Å². The van der Waals surface area contributed by atoms with Gasteiger partial charge in [-0.25, -0.2) is 0 Å². The van der Waals surface area contributed by atoms with E-state index in [2.05, 4.69) is 199 Å². The fourth-order valence-electron chi connectivity index (χ4n) is 10.8. The molecule has 0 N–H and O–H groups in total. The van der Waals surface area contributed by atoms with Gasteiger partial charge in [-0.1, -0.05) is 142 Å². The molecule has 4 heterocycles. The maximum atomic E-state index is 2.77. The first-order valence-electron chi connectivity index (χ1n) is 19.2. The van der Waals surface area contributed by atoms with Crippen LogP contribution in [0, 0.1) is 0 Å². The summed E-state index contributed by atoms with van der Waals surface area (Å²) in [6, 6.07) is 59.4. The monoisotopic (exact) mass is 707 g/mol. The summed E-state index contributed by atoms with van der Waals surface area (Å²) < 4.78 is 2.77. The molecular formula is C49H38BN3Si. The van der Waals surface area contributed by atoms with E-state index in [1.165, 1.54) is 82.8 Å². The average Bonchev–Trinajstić information content (AvgIpc) is 3.67. The fraction of sp³-hybridized carbons (Fsp3) is 0.102. The maximum absolute atomic E-state index is 2.77. The number of anilines is 6. The van der Waals surface area contributed by atoms with E-state index in [0.29, 0.717) is 0 Å². The molecule has 256 valence electrons. The van der Waals surface area contributed by atoms with Crippen LogP contribution in [0.25, 0.3) is 33.3 Å². The molecule has 0 radical (unpaired) electrons. The SMILES string of the molecule is CC1(C)c2ccccc2-c2c1c1cccc3c1n2B1c2cccc4c2N(c2ccccc2[Si]4(C)C)c2cc(N(c4ccccc4)c4ccccc4)cc-3c21. The third-order valence-corrected chi connectivity index (χ3v) is 16.6. The number of hydrogen-bond donors (Lipinski definition) is 0. The van der Waals surface area contributed by atoms with Crippen LogP contribution in [0.3, 0.4) is 0 Å². The Balaban J connectivity index is 1.27. The molecule has 5 heteroatoms. The smallest absolute Gasteiger partial charge is 0.333 e. The Morgan fingerprint density at radius 3 is 2.00 bits per heavy atom. The fourth-order valence-corrected chi connectivity index (χ4v) is 13.8. The van der Waals surface area contributed by atoms with Gasteiger partial charge in [0.05, 0.1) is 0 Å². The standard InChI is InChI=1S/C49H38BN3Si/c1-49(2)38-24-12-11-21-35(38)47-44(49)36-23-15-22-34-37-29-33(51(31-17-7-5-8-18-31)32-19-9-6-10-20-32)30-41-45(37)50(53(47)46(34)36)39-25-16-28-43-48(39)52(41)40-26-13-14-27-42(40)54(43,3)4/h5-30H,1-4H3. The molecule has 4 aliphatic rings. The largest absolute Gasteiger partial charge is 0.375 e. The number of hydrogen-bond acceptors (Lipinski definition) is 2. The highest BCUT2D eigenvalue weighted by Crippen LogP contribution is 2.56. The van der Waals surface area contributed by atoms with Crippen molar-refractivity contribution in [3.05, 3.63) is 169 Å². The molecule has 7 aromatic carbocycles. The Morgan fingerprint density at radius 2 is 1.22 bits per heavy atom. The first kappa shape index (κ1) is 30.4. The second-order valence-corrected chi connectivity index (χ2v) is 20.8. The van der Waals surface area contributed by atoms with Gasteiger partial charge in [0.1, 0.15) is 8.07 Å². The van der Waals surface area contributed by atoms with Gasteiger partial charge >= 0.3 is 6.85 Å². The Hall–Kier alpha value is -6.04. The molecular weight excluding hydrogens is 669 g/mol. The molecule has 3 aliphatic heterocycles. The quantitative estimate of drug-likeness (QED) is 0.170. The predicted molar refractivity (Wildman–Crippen MR) is 231 cm³/mol. The molecule has 54 heavy (non-hydrogen) atoms. The van der Waals surface area contributed by atoms with Crippen molar-refractivity contribution in [1.29, 1.82) is 0 Å². The highest BCUT2D eigenvalue weighted by molar-refractivity contribution is 7.04. The van der Waals surface area contributed by atoms with Crippen molar-refractivity contribution in [1.82, 2.24) is 4.48 Å². The predicted octanol–water partition coefficient (Wildman–Crippen LogP) is 9.97. The third kappa shape index (κ3) is 3.63. The van der Waals surface area contributed by atoms with E-state index in [4.69, 9.17) is 0 Å². The van der Waals surface area contributed by atoms with E-state index >= 15 is 0 Å². The maximum Gasteiger partial charge on any atom is 0.333 e. The summed E-state index contributed by atoms with van der Waals surface area (Å²) >= 11 is 0. The topological polar surface area (TPSA) is 11.4 Å². The highest BCUT2D eigenvalue weighted by Gasteiger charge is 2.51. The average molecular weight is 708 g/mol. The summed E-state index contributed by atoms with van der Waals surface area (Å²) in [6.45, 7) is 9.97. The van der Waals surface area contributed by atoms with Crippen molar-refractivity contribution in [3.8, 4) is 22.4 Å². The van der Waals surface area contributed by atoms with Crippen molar-refractivity contribution >= 4 is 81.2 Å². The summed E-state index contributed by atoms with van der Waals surface area (Å²) in [6.07, 6.45) is 0. The van der Waals surface area contributed by atoms with Gasteiger partial charge < -0.3 is 14.3 Å². The first-order valence-corrected chi connectivity index (χ1v) is 22.2. The summed E-state index contributed by atoms with van der Waals surface area (Å²) in [5.41, 5.74) is 19.7. The van der Waals surface area contributed by atoms with Crippen LogP contribution in [0.2, 0.25) is 13.1 Å². The molecule has 1 aromatic heterocycles. The van der Waals surface area contributed by atoms with Gasteiger partial charge in [-0.2, -0.15) is 0 Å². The Bertz CT molecular complexity index is 2870. The number of fused-ring (bicyclic) bond motifs is 11. The number of para-hydroxylation sites is 5. The molecule has 0 saturated heterocycles. The number of nitrogens with zero attached hydrogens (tertiary/aromatic N) is 3. The molecule has 0 fully saturated rings. The van der Waals surface area contributed by atoms with Crippen molar-refractivity contribution in [2.75, 3.05) is 9.80 Å². The summed E-state index contributed by atoms with van der Waals surface area (Å²) in [4.78, 5) is 5.09. The molecule has 3 nitrogen and oxygen atoms in total. The molecule has 0 unspecified atom stereocenters. The third-order valence-electron chi connectivity index (χ3n) is 13.1. The van der Waals surface area contributed by atoms with Crippen LogP contribution in [-0.4, -0.2) is 19.4 Å². The van der Waals surface area contributed by atoms with Gasteiger partial charge in [0.15, 0.2) is 0 Å². The second kappa shape index (κ2) is 10.3. The van der Waals surface area contributed by atoms with E-state index in [1.54, 1.807) is 0 Å². The minimum absolute atomic E-state index is 0.0234. The van der Waals surface area contributed by atoms with Crippen molar-refractivity contribution < 1.29 is 0 Å². The van der Waals surface area contributed by atoms with Crippen molar-refractivity contribution in [3.63, 3.8) is 0 Å². The molecule has 0 amide bonds. The lowest BCUT2D eigenvalue weighted by atomic mass is 9.45. The van der Waals surface area contributed by atoms with Gasteiger partial charge in [0, 0.05) is 67.3 Å². The van der Waals surface area contributed by atoms with Crippen LogP contribution in [-0.2, 0) is 5.41 Å². The van der Waals surface area contributed by atoms with Crippen LogP contribution in [0.4, 0.5) is 34.1 Å². The van der Waals surface area contributed by atoms with Gasteiger partial charge in [0.25, 0.3) is 0 Å². The lowest BCUT2D eigenvalue weighted by Crippen LogP contribution is -2.65. The minimum Gasteiger partial charge on any atom is -0.375 e. The summed E-state index contributed by atoms with van der Waals surface area (Å²) in [7, 11) is -2.07. The number of aromatic nitrogens is 1. The van der Waals surface area contributed by atoms with E-state index < -0.39 is 8.07 Å². The molecule has 1 aliphatic carbocycles. The highest BCUT2D eigenvalue weighted by atomic mass is 28.3. The molecule has 8 aromatic rings. The Kier molecular flexibility index (Phi) is 5.82. The molecule has 0 spiro atoms. The van der Waals surface area contributed by atoms with Crippen LogP contribution in [0.1, 0.15) is 25.0 Å². The molecule has 0 saturated carbocycles. The van der Waals surface area contributed by atoms with Crippen LogP contribution < -0.4 is 31.1 Å². The lowest BCUT2D eigenvalue weighted by molar-refractivity contribution is 0.666. The minimum atomic E-state index is -2.07. The molecule has 12 rings (SSSR count). The van der Waals surface area contributed by atoms with Crippen LogP contribution >= 0.6 is 0 Å². The van der Waals surface area contributed by atoms with E-state index in [9.17, 15) is 0 Å². The zero-order valence-electron chi connectivity index (χ0n) is 30.9. The Labute approximate surface area is 317 Å². The normalized spacial score (nSPS) is 15.6. The van der Waals surface area contributed by atoms with Gasteiger partial charge in [-0.3, -0.25) is 0 Å². The zero-order chi connectivity index (χ0) is 36.1. The zero-order valence-corrected chi connectivity index (χ0v) is 31.9. The molecule has 0 bridgehead atoms. The summed E-state index contributed by atoms with van der Waals surface area (Å²) in [5, 5.41) is 4.38. The first-order chi connectivity index (χ1) is 26.4. The number of benzene rings is 7. The number of rotatable bonds is 3. The van der Waals surface area contributed by atoms with Crippen LogP contribution in [0.15, 0.2) is 158 Å². The van der Waals surface area contributed by atoms with E-state index in [0.717, 1.165) is 17.1 Å². The van der Waals surface area contributed by atoms with Gasteiger partial charge in [-0.15, -0.1) is 0 Å². The molecule has 0 atom stereocenters. The van der Waals surface area contributed by atoms with Crippen LogP contribution in [0.5, 0.6) is 0 Å².